The zero-order valence-corrected chi connectivity index (χ0v) is 19.7. The summed E-state index contributed by atoms with van der Waals surface area (Å²) < 4.78 is 18.8. The van der Waals surface area contributed by atoms with Gasteiger partial charge in [0.05, 0.1) is 12.1 Å². The Morgan fingerprint density at radius 1 is 0.806 bits per heavy atom. The molecule has 0 heterocycles. The van der Waals surface area contributed by atoms with E-state index in [1.165, 1.54) is 7.11 Å². The van der Waals surface area contributed by atoms with Gasteiger partial charge in [-0.15, -0.1) is 0 Å². The molecule has 0 N–H and O–H groups in total. The van der Waals surface area contributed by atoms with Gasteiger partial charge in [-0.2, -0.15) is 0 Å². The van der Waals surface area contributed by atoms with Crippen LogP contribution in [0.1, 0.15) is 48.5 Å². The molecule has 0 aliphatic heterocycles. The standard InChI is InChI=1S/C25H23ClO4P/c1-14-15(2)21(23(27)18-10-7-6-8-11-18)17(4)24(16(14)3)31(29)25(28)22-19(26)12-9-13-20(22)30-5/h6-13H,1-5H3/q+1. The Balaban J connectivity index is 2.21. The molecule has 3 aromatic rings. The van der Waals surface area contributed by atoms with Gasteiger partial charge in [0.25, 0.3) is 0 Å². The van der Waals surface area contributed by atoms with Gasteiger partial charge in [0, 0.05) is 22.3 Å². The van der Waals surface area contributed by atoms with Crippen molar-refractivity contribution in [1.29, 1.82) is 0 Å². The largest absolute Gasteiger partial charge is 0.496 e. The molecule has 0 aromatic heterocycles. The predicted molar refractivity (Wildman–Crippen MR) is 125 cm³/mol. The SMILES string of the molecule is COc1cccc(Cl)c1C(=O)[P+](=O)c1c(C)c(C)c(C)c(C(=O)c2ccccc2)c1C. The average Bonchev–Trinajstić information content (AvgIpc) is 2.77. The summed E-state index contributed by atoms with van der Waals surface area (Å²) in [6, 6.07) is 13.8. The molecule has 0 saturated heterocycles. The van der Waals surface area contributed by atoms with E-state index < -0.39 is 13.3 Å². The molecule has 6 heteroatoms. The minimum absolute atomic E-state index is 0.0840. The number of methoxy groups -OCH3 is 1. The maximum Gasteiger partial charge on any atom is 0.459 e. The lowest BCUT2D eigenvalue weighted by Crippen LogP contribution is -2.20. The van der Waals surface area contributed by atoms with Crippen molar-refractivity contribution in [1.82, 2.24) is 0 Å². The van der Waals surface area contributed by atoms with Crippen molar-refractivity contribution in [3.63, 3.8) is 0 Å². The maximum atomic E-state index is 13.6. The lowest BCUT2D eigenvalue weighted by molar-refractivity contribution is 0.103. The fourth-order valence-corrected chi connectivity index (χ4v) is 5.63. The fourth-order valence-electron chi connectivity index (χ4n) is 3.79. The van der Waals surface area contributed by atoms with E-state index in [2.05, 4.69) is 0 Å². The summed E-state index contributed by atoms with van der Waals surface area (Å²) in [6.45, 7) is 7.32. The number of rotatable bonds is 6. The second kappa shape index (κ2) is 9.13. The highest BCUT2D eigenvalue weighted by Gasteiger charge is 2.41. The summed E-state index contributed by atoms with van der Waals surface area (Å²) in [5.74, 6) is 0.103. The summed E-state index contributed by atoms with van der Waals surface area (Å²) in [5.41, 5.74) is 3.42. The Morgan fingerprint density at radius 3 is 2.06 bits per heavy atom. The lowest BCUT2D eigenvalue weighted by atomic mass is 9.89. The van der Waals surface area contributed by atoms with Crippen LogP contribution in [0.5, 0.6) is 5.75 Å². The average molecular weight is 454 g/mol. The van der Waals surface area contributed by atoms with Gasteiger partial charge >= 0.3 is 13.3 Å². The van der Waals surface area contributed by atoms with Crippen molar-refractivity contribution in [3.05, 3.63) is 92.5 Å². The zero-order chi connectivity index (χ0) is 22.9. The number of hydrogen-bond acceptors (Lipinski definition) is 4. The first-order valence-electron chi connectivity index (χ1n) is 9.74. The molecule has 3 aromatic carbocycles. The van der Waals surface area contributed by atoms with Gasteiger partial charge in [-0.05, 0) is 51.0 Å². The van der Waals surface area contributed by atoms with Crippen LogP contribution in [0.3, 0.4) is 0 Å². The summed E-state index contributed by atoms with van der Waals surface area (Å²) >= 11 is 6.25. The second-order valence-electron chi connectivity index (χ2n) is 7.34. The summed E-state index contributed by atoms with van der Waals surface area (Å²) in [4.78, 5) is 26.6. The van der Waals surface area contributed by atoms with E-state index >= 15 is 0 Å². The van der Waals surface area contributed by atoms with E-state index in [4.69, 9.17) is 16.3 Å². The van der Waals surface area contributed by atoms with E-state index in [9.17, 15) is 14.2 Å². The van der Waals surface area contributed by atoms with Gasteiger partial charge in [-0.1, -0.05) is 52.6 Å². The Morgan fingerprint density at radius 2 is 1.45 bits per heavy atom. The summed E-state index contributed by atoms with van der Waals surface area (Å²) in [7, 11) is -1.11. The highest BCUT2D eigenvalue weighted by molar-refractivity contribution is 7.71. The van der Waals surface area contributed by atoms with Crippen LogP contribution in [0.4, 0.5) is 0 Å². The van der Waals surface area contributed by atoms with Crippen molar-refractivity contribution in [3.8, 4) is 5.75 Å². The van der Waals surface area contributed by atoms with Crippen LogP contribution in [-0.2, 0) is 4.57 Å². The molecule has 158 valence electrons. The van der Waals surface area contributed by atoms with Crippen molar-refractivity contribution >= 4 is 36.0 Å². The first-order chi connectivity index (χ1) is 14.7. The molecule has 0 spiro atoms. The number of carbonyl (C=O) groups is 2. The first-order valence-corrected chi connectivity index (χ1v) is 11.4. The van der Waals surface area contributed by atoms with Crippen molar-refractivity contribution in [2.45, 2.75) is 27.7 Å². The fraction of sp³-hybridized carbons (Fsp3) is 0.200. The van der Waals surface area contributed by atoms with Crippen LogP contribution in [-0.4, -0.2) is 18.4 Å². The molecule has 0 amide bonds. The van der Waals surface area contributed by atoms with Gasteiger partial charge < -0.3 is 4.74 Å². The molecule has 0 fully saturated rings. The predicted octanol–water partition coefficient (Wildman–Crippen LogP) is 6.11. The first kappa shape index (κ1) is 22.9. The van der Waals surface area contributed by atoms with E-state index in [1.807, 2.05) is 26.8 Å². The monoisotopic (exact) mass is 453 g/mol. The van der Waals surface area contributed by atoms with Crippen LogP contribution in [0, 0.1) is 27.7 Å². The summed E-state index contributed by atoms with van der Waals surface area (Å²) in [6.07, 6.45) is 0. The van der Waals surface area contributed by atoms with Crippen LogP contribution >= 0.6 is 19.4 Å². The lowest BCUT2D eigenvalue weighted by Gasteiger charge is -2.15. The number of ketones is 1. The Bertz CT molecular complexity index is 1220. The third-order valence-electron chi connectivity index (χ3n) is 5.65. The van der Waals surface area contributed by atoms with Gasteiger partial charge in [0.15, 0.2) is 5.78 Å². The van der Waals surface area contributed by atoms with E-state index in [-0.39, 0.29) is 22.1 Å². The molecule has 0 radical (unpaired) electrons. The Kier molecular flexibility index (Phi) is 6.74. The molecule has 31 heavy (non-hydrogen) atoms. The molecular weight excluding hydrogens is 431 g/mol. The molecule has 0 saturated carbocycles. The van der Waals surface area contributed by atoms with E-state index in [1.54, 1.807) is 49.4 Å². The van der Waals surface area contributed by atoms with E-state index in [0.29, 0.717) is 22.0 Å². The number of hydrogen-bond donors (Lipinski definition) is 0. The van der Waals surface area contributed by atoms with Gasteiger partial charge in [0.1, 0.15) is 11.3 Å². The van der Waals surface area contributed by atoms with Crippen molar-refractivity contribution in [2.24, 2.45) is 0 Å². The molecule has 0 bridgehead atoms. The minimum atomic E-state index is -2.54. The molecule has 3 rings (SSSR count). The number of benzene rings is 3. The Hall–Kier alpha value is -2.81. The molecule has 0 aliphatic carbocycles. The number of halogens is 1. The van der Waals surface area contributed by atoms with Gasteiger partial charge in [-0.25, -0.2) is 4.79 Å². The maximum absolute atomic E-state index is 13.6. The topological polar surface area (TPSA) is 60.4 Å². The highest BCUT2D eigenvalue weighted by Crippen LogP contribution is 2.38. The minimum Gasteiger partial charge on any atom is -0.496 e. The van der Waals surface area contributed by atoms with Crippen molar-refractivity contribution in [2.75, 3.05) is 7.11 Å². The van der Waals surface area contributed by atoms with E-state index in [0.717, 1.165) is 16.7 Å². The smallest absolute Gasteiger partial charge is 0.459 e. The molecule has 1 unspecified atom stereocenters. The highest BCUT2D eigenvalue weighted by atomic mass is 35.5. The van der Waals surface area contributed by atoms with Gasteiger partial charge in [0.2, 0.25) is 5.30 Å². The number of carbonyl (C=O) groups excluding carboxylic acids is 2. The Labute approximate surface area is 188 Å². The van der Waals surface area contributed by atoms with Crippen LogP contribution in [0.25, 0.3) is 0 Å². The third kappa shape index (κ3) is 4.06. The van der Waals surface area contributed by atoms with Crippen LogP contribution in [0.2, 0.25) is 5.02 Å². The molecule has 1 atom stereocenters. The summed E-state index contributed by atoms with van der Waals surface area (Å²) in [5, 5.41) is 0.553. The zero-order valence-electron chi connectivity index (χ0n) is 18.1. The molecule has 0 aliphatic rings. The van der Waals surface area contributed by atoms with Gasteiger partial charge in [-0.3, -0.25) is 4.79 Å². The normalized spacial score (nSPS) is 11.2. The second-order valence-corrected chi connectivity index (χ2v) is 9.18. The van der Waals surface area contributed by atoms with Crippen molar-refractivity contribution < 1.29 is 18.9 Å². The molecular formula is C25H23ClO4P+. The van der Waals surface area contributed by atoms with Crippen LogP contribution < -0.4 is 10.0 Å². The number of ether oxygens (including phenoxy) is 1. The van der Waals surface area contributed by atoms with Crippen LogP contribution in [0.15, 0.2) is 48.5 Å². The quantitative estimate of drug-likeness (QED) is 0.334. The molecule has 4 nitrogen and oxygen atoms in total. The third-order valence-corrected chi connectivity index (χ3v) is 7.63.